The maximum absolute atomic E-state index is 10.9. The lowest BCUT2D eigenvalue weighted by atomic mass is 10.3. The highest BCUT2D eigenvalue weighted by molar-refractivity contribution is 8.03. The van der Waals surface area contributed by atoms with Gasteiger partial charge >= 0.3 is 0 Å². The molecule has 0 radical (unpaired) electrons. The molecular formula is C9H10N2OS. The third-order valence-electron chi connectivity index (χ3n) is 1.87. The monoisotopic (exact) mass is 194 g/mol. The number of hydrogen-bond donors (Lipinski definition) is 0. The highest BCUT2D eigenvalue weighted by Gasteiger charge is 2.13. The van der Waals surface area contributed by atoms with Gasteiger partial charge in [-0.15, -0.1) is 0 Å². The zero-order valence-corrected chi connectivity index (χ0v) is 8.17. The Morgan fingerprint density at radius 2 is 2.38 bits per heavy atom. The number of aryl methyl sites for hydroxylation is 1. The minimum absolute atomic E-state index is 0.242. The molecule has 1 aromatic heterocycles. The molecule has 0 aliphatic heterocycles. The zero-order valence-electron chi connectivity index (χ0n) is 7.36. The Hall–Kier alpha value is -1.03. The molecule has 0 N–H and O–H groups in total. The van der Waals surface area contributed by atoms with E-state index in [0.29, 0.717) is 6.42 Å². The summed E-state index contributed by atoms with van der Waals surface area (Å²) in [6.45, 7) is 0. The largest absolute Gasteiger partial charge is 0.295 e. The minimum Gasteiger partial charge on any atom is -0.295 e. The fourth-order valence-electron chi connectivity index (χ4n) is 1.25. The Labute approximate surface area is 80.8 Å². The van der Waals surface area contributed by atoms with Crippen LogP contribution in [-0.4, -0.2) is 15.6 Å². The van der Waals surface area contributed by atoms with Crippen molar-refractivity contribution in [1.29, 1.82) is 0 Å². The van der Waals surface area contributed by atoms with Crippen LogP contribution in [0.15, 0.2) is 28.3 Å². The van der Waals surface area contributed by atoms with Gasteiger partial charge in [0.05, 0.1) is 6.20 Å². The summed E-state index contributed by atoms with van der Waals surface area (Å²) in [4.78, 5) is 13.2. The highest BCUT2D eigenvalue weighted by atomic mass is 32.2. The van der Waals surface area contributed by atoms with Gasteiger partial charge in [-0.05, 0) is 17.4 Å². The number of rotatable bonds is 2. The first-order valence-corrected chi connectivity index (χ1v) is 4.95. The van der Waals surface area contributed by atoms with Gasteiger partial charge in [-0.3, -0.25) is 9.48 Å². The molecule has 0 amide bonds. The van der Waals surface area contributed by atoms with E-state index >= 15 is 0 Å². The van der Waals surface area contributed by atoms with E-state index in [1.54, 1.807) is 22.5 Å². The molecule has 0 saturated heterocycles. The maximum Gasteiger partial charge on any atom is 0.156 e. The number of hydrogen-bond acceptors (Lipinski definition) is 3. The fraction of sp³-hybridized carbons (Fsp3) is 0.333. The van der Waals surface area contributed by atoms with Gasteiger partial charge in [-0.2, -0.15) is 5.10 Å². The molecule has 0 unspecified atom stereocenters. The van der Waals surface area contributed by atoms with E-state index in [2.05, 4.69) is 5.10 Å². The molecule has 4 heteroatoms. The summed E-state index contributed by atoms with van der Waals surface area (Å²) in [7, 11) is 1.89. The molecule has 1 aliphatic carbocycles. The molecule has 1 aliphatic rings. The van der Waals surface area contributed by atoms with Crippen LogP contribution in [0.4, 0.5) is 0 Å². The summed E-state index contributed by atoms with van der Waals surface area (Å²) in [5.41, 5.74) is 0. The van der Waals surface area contributed by atoms with Gasteiger partial charge in [-0.25, -0.2) is 0 Å². The number of nitrogens with zero attached hydrogens (tertiary/aromatic N) is 2. The lowest BCUT2D eigenvalue weighted by Gasteiger charge is -1.95. The van der Waals surface area contributed by atoms with E-state index in [9.17, 15) is 4.79 Å². The summed E-state index contributed by atoms with van der Waals surface area (Å²) in [5, 5.41) is 4.06. The van der Waals surface area contributed by atoms with Crippen molar-refractivity contribution in [2.75, 3.05) is 0 Å². The van der Waals surface area contributed by atoms with E-state index in [0.717, 1.165) is 16.2 Å². The van der Waals surface area contributed by atoms with Crippen LogP contribution in [-0.2, 0) is 11.8 Å². The zero-order chi connectivity index (χ0) is 9.26. The Morgan fingerprint density at radius 3 is 2.92 bits per heavy atom. The number of thioether (sulfide) groups is 1. The second-order valence-electron chi connectivity index (χ2n) is 3.03. The van der Waals surface area contributed by atoms with Gasteiger partial charge in [0.15, 0.2) is 5.78 Å². The van der Waals surface area contributed by atoms with Crippen molar-refractivity contribution in [3.63, 3.8) is 0 Å². The van der Waals surface area contributed by atoms with Crippen LogP contribution < -0.4 is 0 Å². The van der Waals surface area contributed by atoms with Crippen LogP contribution >= 0.6 is 11.8 Å². The third kappa shape index (κ3) is 2.01. The van der Waals surface area contributed by atoms with E-state index in [1.165, 1.54) is 0 Å². The first-order chi connectivity index (χ1) is 6.24. The number of ketones is 1. The molecule has 0 atom stereocenters. The lowest BCUT2D eigenvalue weighted by Crippen LogP contribution is -1.83. The SMILES string of the molecule is Cn1cc(SC2=CC(=O)CC2)cn1. The Kier molecular flexibility index (Phi) is 2.22. The predicted molar refractivity (Wildman–Crippen MR) is 51.4 cm³/mol. The molecule has 0 spiro atoms. The van der Waals surface area contributed by atoms with Crippen LogP contribution in [0.3, 0.4) is 0 Å². The van der Waals surface area contributed by atoms with Gasteiger partial charge in [0.25, 0.3) is 0 Å². The average molecular weight is 194 g/mol. The summed E-state index contributed by atoms with van der Waals surface area (Å²) in [5.74, 6) is 0.242. The normalized spacial score (nSPS) is 16.4. The standard InChI is InChI=1S/C9H10N2OS/c1-11-6-9(5-10-11)13-8-3-2-7(12)4-8/h4-6H,2-3H2,1H3. The Bertz CT molecular complexity index is 367. The molecule has 1 aromatic rings. The van der Waals surface area contributed by atoms with Crippen molar-refractivity contribution in [2.45, 2.75) is 17.7 Å². The summed E-state index contributed by atoms with van der Waals surface area (Å²) in [6.07, 6.45) is 7.06. The van der Waals surface area contributed by atoms with Crippen LogP contribution in [0.5, 0.6) is 0 Å². The molecule has 68 valence electrons. The second kappa shape index (κ2) is 3.38. The van der Waals surface area contributed by atoms with E-state index < -0.39 is 0 Å². The third-order valence-corrected chi connectivity index (χ3v) is 2.90. The summed E-state index contributed by atoms with van der Waals surface area (Å²) >= 11 is 1.63. The second-order valence-corrected chi connectivity index (χ2v) is 4.23. The van der Waals surface area contributed by atoms with E-state index in [4.69, 9.17) is 0 Å². The summed E-state index contributed by atoms with van der Waals surface area (Å²) in [6, 6.07) is 0. The van der Waals surface area contributed by atoms with Gasteiger partial charge in [-0.1, -0.05) is 11.8 Å². The minimum atomic E-state index is 0.242. The fourth-order valence-corrected chi connectivity index (χ4v) is 2.26. The van der Waals surface area contributed by atoms with Crippen molar-refractivity contribution in [3.05, 3.63) is 23.4 Å². The first kappa shape index (κ1) is 8.56. The molecule has 0 bridgehead atoms. The molecule has 3 nitrogen and oxygen atoms in total. The molecule has 0 fully saturated rings. The van der Waals surface area contributed by atoms with Gasteiger partial charge in [0.1, 0.15) is 0 Å². The van der Waals surface area contributed by atoms with Crippen molar-refractivity contribution in [1.82, 2.24) is 9.78 Å². The van der Waals surface area contributed by atoms with Crippen molar-refractivity contribution < 1.29 is 4.79 Å². The predicted octanol–water partition coefficient (Wildman–Crippen LogP) is 1.76. The number of carbonyl (C=O) groups excluding carboxylic acids is 1. The maximum atomic E-state index is 10.9. The quantitative estimate of drug-likeness (QED) is 0.719. The topological polar surface area (TPSA) is 34.9 Å². The van der Waals surface area contributed by atoms with Crippen molar-refractivity contribution in [3.8, 4) is 0 Å². The molecule has 1 heterocycles. The molecule has 2 rings (SSSR count). The van der Waals surface area contributed by atoms with Crippen LogP contribution in [0, 0.1) is 0 Å². The molecular weight excluding hydrogens is 184 g/mol. The first-order valence-electron chi connectivity index (χ1n) is 4.14. The molecule has 13 heavy (non-hydrogen) atoms. The number of aromatic nitrogens is 2. The average Bonchev–Trinajstić information content (AvgIpc) is 2.62. The van der Waals surface area contributed by atoms with Crippen molar-refractivity contribution >= 4 is 17.5 Å². The van der Waals surface area contributed by atoms with E-state index in [-0.39, 0.29) is 5.78 Å². The number of carbonyl (C=O) groups is 1. The molecule has 0 aromatic carbocycles. The van der Waals surface area contributed by atoms with Crippen molar-refractivity contribution in [2.24, 2.45) is 7.05 Å². The van der Waals surface area contributed by atoms with Crippen LogP contribution in [0.2, 0.25) is 0 Å². The van der Waals surface area contributed by atoms with Gasteiger partial charge in [0.2, 0.25) is 0 Å². The smallest absolute Gasteiger partial charge is 0.156 e. The Morgan fingerprint density at radius 1 is 1.54 bits per heavy atom. The van der Waals surface area contributed by atoms with E-state index in [1.807, 2.05) is 19.4 Å². The summed E-state index contributed by atoms with van der Waals surface area (Å²) < 4.78 is 1.76. The van der Waals surface area contributed by atoms with Crippen LogP contribution in [0.25, 0.3) is 0 Å². The lowest BCUT2D eigenvalue weighted by molar-refractivity contribution is -0.114. The number of allylic oxidation sites excluding steroid dienone is 2. The van der Waals surface area contributed by atoms with Gasteiger partial charge < -0.3 is 0 Å². The Balaban J connectivity index is 2.06. The highest BCUT2D eigenvalue weighted by Crippen LogP contribution is 2.32. The molecule has 0 saturated carbocycles. The van der Waals surface area contributed by atoms with Gasteiger partial charge in [0, 0.05) is 24.6 Å². The van der Waals surface area contributed by atoms with Crippen LogP contribution in [0.1, 0.15) is 12.8 Å².